The van der Waals surface area contributed by atoms with Gasteiger partial charge in [0, 0.05) is 11.6 Å². The van der Waals surface area contributed by atoms with Crippen LogP contribution in [0.4, 0.5) is 5.82 Å². The van der Waals surface area contributed by atoms with E-state index in [0.29, 0.717) is 11.5 Å². The van der Waals surface area contributed by atoms with Gasteiger partial charge in [0.25, 0.3) is 0 Å². The van der Waals surface area contributed by atoms with Crippen molar-refractivity contribution in [3.05, 3.63) is 54.2 Å². The molecule has 134 valence electrons. The van der Waals surface area contributed by atoms with Gasteiger partial charge >= 0.3 is 5.97 Å². The smallest absolute Gasteiger partial charge is 0.328 e. The SMILES string of the molecule is CCC(CO)Nc1ccc2ncc(-c3cccc(/C=C/C(=O)O)c3)n2n1. The zero-order valence-corrected chi connectivity index (χ0v) is 14.3. The minimum absolute atomic E-state index is 0.0327. The third kappa shape index (κ3) is 3.89. The van der Waals surface area contributed by atoms with Crippen LogP contribution in [0.3, 0.4) is 0 Å². The molecular weight excluding hydrogens is 332 g/mol. The van der Waals surface area contributed by atoms with Crippen LogP contribution in [0.25, 0.3) is 23.0 Å². The minimum Gasteiger partial charge on any atom is -0.478 e. The molecule has 2 aromatic heterocycles. The van der Waals surface area contributed by atoms with Crippen LogP contribution in [0.1, 0.15) is 18.9 Å². The number of nitrogens with one attached hydrogen (secondary N) is 1. The van der Waals surface area contributed by atoms with Crippen LogP contribution >= 0.6 is 0 Å². The largest absolute Gasteiger partial charge is 0.478 e. The third-order valence-corrected chi connectivity index (χ3v) is 4.03. The summed E-state index contributed by atoms with van der Waals surface area (Å²) in [6, 6.07) is 11.1. The van der Waals surface area contributed by atoms with E-state index in [4.69, 9.17) is 5.11 Å². The summed E-state index contributed by atoms with van der Waals surface area (Å²) in [6.07, 6.45) is 5.16. The average Bonchev–Trinajstić information content (AvgIpc) is 3.08. The monoisotopic (exact) mass is 352 g/mol. The van der Waals surface area contributed by atoms with E-state index in [2.05, 4.69) is 15.4 Å². The van der Waals surface area contributed by atoms with Crippen LogP contribution in [-0.4, -0.2) is 43.4 Å². The van der Waals surface area contributed by atoms with E-state index in [1.165, 1.54) is 0 Å². The van der Waals surface area contributed by atoms with E-state index in [-0.39, 0.29) is 12.6 Å². The third-order valence-electron chi connectivity index (χ3n) is 4.03. The first kappa shape index (κ1) is 17.6. The lowest BCUT2D eigenvalue weighted by atomic mass is 10.1. The van der Waals surface area contributed by atoms with Crippen molar-refractivity contribution < 1.29 is 15.0 Å². The lowest BCUT2D eigenvalue weighted by Crippen LogP contribution is -2.23. The van der Waals surface area contributed by atoms with Gasteiger partial charge in [-0.15, -0.1) is 5.10 Å². The standard InChI is InChI=1S/C19H20N4O3/c1-2-15(12-24)21-17-7-8-18-20-11-16(23(18)22-17)14-5-3-4-13(10-14)6-9-19(25)26/h3-11,15,24H,2,12H2,1H3,(H,21,22)(H,25,26)/b9-6+. The quantitative estimate of drug-likeness (QED) is 0.565. The van der Waals surface area contributed by atoms with E-state index in [0.717, 1.165) is 29.3 Å². The van der Waals surface area contributed by atoms with Crippen molar-refractivity contribution >= 4 is 23.5 Å². The van der Waals surface area contributed by atoms with Gasteiger partial charge < -0.3 is 15.5 Å². The molecule has 1 atom stereocenters. The summed E-state index contributed by atoms with van der Waals surface area (Å²) >= 11 is 0. The normalized spacial score (nSPS) is 12.5. The van der Waals surface area contributed by atoms with Crippen LogP contribution in [-0.2, 0) is 4.79 Å². The highest BCUT2D eigenvalue weighted by Crippen LogP contribution is 2.22. The summed E-state index contributed by atoms with van der Waals surface area (Å²) in [7, 11) is 0. The summed E-state index contributed by atoms with van der Waals surface area (Å²) in [4.78, 5) is 15.1. The number of anilines is 1. The highest BCUT2D eigenvalue weighted by atomic mass is 16.4. The molecule has 0 aliphatic rings. The van der Waals surface area contributed by atoms with Gasteiger partial charge in [0.1, 0.15) is 5.82 Å². The van der Waals surface area contributed by atoms with Gasteiger partial charge in [0.05, 0.1) is 24.5 Å². The highest BCUT2D eigenvalue weighted by Gasteiger charge is 2.10. The molecule has 0 spiro atoms. The Hall–Kier alpha value is -3.19. The van der Waals surface area contributed by atoms with Crippen LogP contribution < -0.4 is 5.32 Å². The van der Waals surface area contributed by atoms with Crippen molar-refractivity contribution in [3.63, 3.8) is 0 Å². The molecule has 3 aromatic rings. The minimum atomic E-state index is -0.989. The number of hydrogen-bond acceptors (Lipinski definition) is 5. The Labute approximate surface area is 150 Å². The molecule has 0 aliphatic carbocycles. The number of carbonyl (C=O) groups is 1. The van der Waals surface area contributed by atoms with Crippen molar-refractivity contribution in [3.8, 4) is 11.3 Å². The summed E-state index contributed by atoms with van der Waals surface area (Å²) in [5, 5.41) is 25.9. The maximum Gasteiger partial charge on any atom is 0.328 e. The van der Waals surface area contributed by atoms with Crippen LogP contribution in [0.15, 0.2) is 48.7 Å². The maximum atomic E-state index is 10.7. The molecule has 26 heavy (non-hydrogen) atoms. The second-order valence-corrected chi connectivity index (χ2v) is 5.86. The fraction of sp³-hybridized carbons (Fsp3) is 0.211. The van der Waals surface area contributed by atoms with Crippen LogP contribution in [0.2, 0.25) is 0 Å². The molecule has 0 bridgehead atoms. The van der Waals surface area contributed by atoms with E-state index < -0.39 is 5.97 Å². The number of rotatable bonds is 7. The molecule has 1 unspecified atom stereocenters. The van der Waals surface area contributed by atoms with Gasteiger partial charge in [-0.25, -0.2) is 14.3 Å². The molecule has 0 saturated carbocycles. The number of imidazole rings is 1. The fourth-order valence-corrected chi connectivity index (χ4v) is 2.60. The molecule has 0 fully saturated rings. The Kier molecular flexibility index (Phi) is 5.28. The Bertz CT molecular complexity index is 945. The van der Waals surface area contributed by atoms with Gasteiger partial charge in [0.15, 0.2) is 5.65 Å². The number of hydrogen-bond donors (Lipinski definition) is 3. The first-order valence-electron chi connectivity index (χ1n) is 8.34. The lowest BCUT2D eigenvalue weighted by molar-refractivity contribution is -0.131. The number of carboxylic acid groups (broad SMARTS) is 1. The summed E-state index contributed by atoms with van der Waals surface area (Å²) in [5.41, 5.74) is 3.16. The molecule has 0 saturated heterocycles. The van der Waals surface area contributed by atoms with Crippen molar-refractivity contribution in [1.82, 2.24) is 14.6 Å². The van der Waals surface area contributed by atoms with E-state index in [1.807, 2.05) is 43.3 Å². The average molecular weight is 352 g/mol. The number of benzene rings is 1. The summed E-state index contributed by atoms with van der Waals surface area (Å²) in [5.74, 6) is -0.337. The number of aliphatic carboxylic acids is 1. The highest BCUT2D eigenvalue weighted by molar-refractivity contribution is 5.85. The number of carboxylic acids is 1. The van der Waals surface area contributed by atoms with Crippen molar-refractivity contribution in [2.24, 2.45) is 0 Å². The zero-order valence-electron chi connectivity index (χ0n) is 14.3. The molecule has 0 radical (unpaired) electrons. The van der Waals surface area contributed by atoms with Crippen molar-refractivity contribution in [2.45, 2.75) is 19.4 Å². The van der Waals surface area contributed by atoms with Crippen LogP contribution in [0.5, 0.6) is 0 Å². The predicted molar refractivity (Wildman–Crippen MR) is 99.9 cm³/mol. The van der Waals surface area contributed by atoms with Gasteiger partial charge in [-0.3, -0.25) is 0 Å². The van der Waals surface area contributed by atoms with Gasteiger partial charge in [-0.05, 0) is 36.3 Å². The Morgan fingerprint density at radius 2 is 2.19 bits per heavy atom. The number of aliphatic hydroxyl groups excluding tert-OH is 1. The Morgan fingerprint density at radius 3 is 2.92 bits per heavy atom. The molecule has 2 heterocycles. The first-order chi connectivity index (χ1) is 12.6. The summed E-state index contributed by atoms with van der Waals surface area (Å²) in [6.45, 7) is 2.02. The molecule has 3 rings (SSSR count). The molecule has 3 N–H and O–H groups in total. The number of aromatic nitrogens is 3. The van der Waals surface area contributed by atoms with E-state index >= 15 is 0 Å². The second kappa shape index (κ2) is 7.79. The lowest BCUT2D eigenvalue weighted by Gasteiger charge is -2.14. The number of aliphatic hydroxyl groups is 1. The van der Waals surface area contributed by atoms with Crippen molar-refractivity contribution in [2.75, 3.05) is 11.9 Å². The van der Waals surface area contributed by atoms with Crippen LogP contribution in [0, 0.1) is 0 Å². The Balaban J connectivity index is 1.97. The molecule has 0 aliphatic heterocycles. The Morgan fingerprint density at radius 1 is 1.35 bits per heavy atom. The first-order valence-corrected chi connectivity index (χ1v) is 8.34. The molecular formula is C19H20N4O3. The van der Waals surface area contributed by atoms with Gasteiger partial charge in [-0.2, -0.15) is 0 Å². The predicted octanol–water partition coefficient (Wildman–Crippen LogP) is 2.68. The van der Waals surface area contributed by atoms with Crippen molar-refractivity contribution in [1.29, 1.82) is 0 Å². The molecule has 0 amide bonds. The fourth-order valence-electron chi connectivity index (χ4n) is 2.60. The molecule has 1 aromatic carbocycles. The number of nitrogens with zero attached hydrogens (tertiary/aromatic N) is 3. The topological polar surface area (TPSA) is 99.8 Å². The zero-order chi connectivity index (χ0) is 18.5. The van der Waals surface area contributed by atoms with Gasteiger partial charge in [0.2, 0.25) is 0 Å². The number of fused-ring (bicyclic) bond motifs is 1. The second-order valence-electron chi connectivity index (χ2n) is 5.86. The summed E-state index contributed by atoms with van der Waals surface area (Å²) < 4.78 is 1.73. The molecule has 7 nitrogen and oxygen atoms in total. The molecule has 7 heteroatoms. The van der Waals surface area contributed by atoms with E-state index in [1.54, 1.807) is 16.8 Å². The van der Waals surface area contributed by atoms with E-state index in [9.17, 15) is 9.90 Å². The maximum absolute atomic E-state index is 10.7. The van der Waals surface area contributed by atoms with Gasteiger partial charge in [-0.1, -0.05) is 25.1 Å².